The van der Waals surface area contributed by atoms with Gasteiger partial charge in [-0.25, -0.2) is 4.79 Å². The summed E-state index contributed by atoms with van der Waals surface area (Å²) in [6.07, 6.45) is 1.10. The van der Waals surface area contributed by atoms with Gasteiger partial charge in [0.2, 0.25) is 0 Å². The van der Waals surface area contributed by atoms with Crippen LogP contribution in [0.2, 0.25) is 0 Å². The number of methoxy groups -OCH3 is 1. The molecule has 0 spiro atoms. The zero-order chi connectivity index (χ0) is 14.7. The van der Waals surface area contributed by atoms with E-state index in [1.807, 2.05) is 26.0 Å². The molecule has 0 aromatic heterocycles. The van der Waals surface area contributed by atoms with Gasteiger partial charge in [-0.15, -0.1) is 0 Å². The lowest BCUT2D eigenvalue weighted by Gasteiger charge is -2.24. The molecular weight excluding hydrogens is 254 g/mol. The molecule has 1 aromatic rings. The van der Waals surface area contributed by atoms with E-state index in [1.54, 1.807) is 0 Å². The highest BCUT2D eigenvalue weighted by Crippen LogP contribution is 2.29. The Morgan fingerprint density at radius 1 is 1.20 bits per heavy atom. The molecule has 0 radical (unpaired) electrons. The molecule has 0 saturated carbocycles. The molecule has 1 aliphatic carbocycles. The lowest BCUT2D eigenvalue weighted by atomic mass is 9.88. The van der Waals surface area contributed by atoms with Crippen LogP contribution in [0.4, 0.5) is 4.79 Å². The zero-order valence-electron chi connectivity index (χ0n) is 12.2. The van der Waals surface area contributed by atoms with Gasteiger partial charge >= 0.3 is 6.09 Å². The van der Waals surface area contributed by atoms with Crippen molar-refractivity contribution in [1.82, 2.24) is 5.32 Å². The van der Waals surface area contributed by atoms with E-state index in [9.17, 15) is 9.59 Å². The maximum Gasteiger partial charge on any atom is 0.407 e. The second-order valence-electron chi connectivity index (χ2n) is 5.61. The van der Waals surface area contributed by atoms with Gasteiger partial charge in [0.05, 0.1) is 13.2 Å². The van der Waals surface area contributed by atoms with Gasteiger partial charge in [-0.2, -0.15) is 0 Å². The molecule has 1 atom stereocenters. The number of carbonyl (C=O) groups is 2. The Balaban J connectivity index is 2.16. The van der Waals surface area contributed by atoms with Crippen molar-refractivity contribution < 1.29 is 14.3 Å². The van der Waals surface area contributed by atoms with Gasteiger partial charge in [-0.05, 0) is 29.9 Å². The minimum Gasteiger partial charge on any atom is -0.453 e. The highest BCUT2D eigenvalue weighted by atomic mass is 16.5. The van der Waals surface area contributed by atoms with Crippen molar-refractivity contribution in [3.05, 3.63) is 35.4 Å². The molecule has 20 heavy (non-hydrogen) atoms. The first-order valence-corrected chi connectivity index (χ1v) is 6.98. The second kappa shape index (κ2) is 6.07. The van der Waals surface area contributed by atoms with E-state index in [0.717, 1.165) is 12.8 Å². The van der Waals surface area contributed by atoms with Crippen molar-refractivity contribution in [3.8, 4) is 0 Å². The van der Waals surface area contributed by atoms with Crippen LogP contribution in [0.3, 0.4) is 0 Å². The van der Waals surface area contributed by atoms with Gasteiger partial charge in [-0.1, -0.05) is 38.1 Å². The predicted octanol–water partition coefficient (Wildman–Crippen LogP) is 2.35. The monoisotopic (exact) mass is 275 g/mol. The normalized spacial score (nSPS) is 15.8. The second-order valence-corrected chi connectivity index (χ2v) is 5.61. The van der Waals surface area contributed by atoms with Crippen molar-refractivity contribution in [3.63, 3.8) is 0 Å². The van der Waals surface area contributed by atoms with Crippen molar-refractivity contribution in [2.24, 2.45) is 11.8 Å². The number of alkyl carbamates (subject to hydrolysis) is 1. The minimum atomic E-state index is -0.542. The standard InChI is InChI=1S/C16H21NO3/c1-10(2)15(18)14(17-16(19)20-3)13-8-11-6-4-5-7-12(11)9-13/h4-7,10,13-14H,8-9H2,1-3H3,(H,17,19). The molecule has 1 amide bonds. The number of fused-ring (bicyclic) bond motifs is 1. The maximum absolute atomic E-state index is 12.4. The zero-order valence-corrected chi connectivity index (χ0v) is 12.2. The van der Waals surface area contributed by atoms with E-state index in [0.29, 0.717) is 0 Å². The fourth-order valence-electron chi connectivity index (χ4n) is 2.79. The lowest BCUT2D eigenvalue weighted by molar-refractivity contribution is -0.125. The van der Waals surface area contributed by atoms with Crippen LogP contribution in [0.15, 0.2) is 24.3 Å². The van der Waals surface area contributed by atoms with Crippen LogP contribution in [-0.2, 0) is 22.4 Å². The summed E-state index contributed by atoms with van der Waals surface area (Å²) in [5.74, 6) is 0.0653. The number of ketones is 1. The fraction of sp³-hybridized carbons (Fsp3) is 0.500. The van der Waals surface area contributed by atoms with Gasteiger partial charge in [0, 0.05) is 5.92 Å². The first kappa shape index (κ1) is 14.6. The summed E-state index contributed by atoms with van der Waals surface area (Å²) in [7, 11) is 1.32. The number of carbonyl (C=O) groups excluding carboxylic acids is 2. The van der Waals surface area contributed by atoms with Crippen LogP contribution in [0.1, 0.15) is 25.0 Å². The number of Topliss-reactive ketones (excluding diaryl/α,β-unsaturated/α-hetero) is 1. The number of nitrogens with one attached hydrogen (secondary N) is 1. The van der Waals surface area contributed by atoms with Crippen LogP contribution in [0, 0.1) is 11.8 Å². The average Bonchev–Trinajstić information content (AvgIpc) is 2.87. The number of ether oxygens (including phenoxy) is 1. The van der Waals surface area contributed by atoms with Gasteiger partial charge in [0.1, 0.15) is 0 Å². The van der Waals surface area contributed by atoms with E-state index >= 15 is 0 Å². The molecule has 1 N–H and O–H groups in total. The number of hydrogen-bond acceptors (Lipinski definition) is 3. The largest absolute Gasteiger partial charge is 0.453 e. The molecule has 0 fully saturated rings. The molecule has 108 valence electrons. The van der Waals surface area contributed by atoms with Crippen molar-refractivity contribution in [2.45, 2.75) is 32.7 Å². The summed E-state index contributed by atoms with van der Waals surface area (Å²) in [5.41, 5.74) is 2.54. The highest BCUT2D eigenvalue weighted by molar-refractivity contribution is 5.89. The topological polar surface area (TPSA) is 55.4 Å². The summed E-state index contributed by atoms with van der Waals surface area (Å²) >= 11 is 0. The van der Waals surface area contributed by atoms with Crippen LogP contribution in [0.25, 0.3) is 0 Å². The smallest absolute Gasteiger partial charge is 0.407 e. The highest BCUT2D eigenvalue weighted by Gasteiger charge is 2.35. The Bertz CT molecular complexity index is 485. The van der Waals surface area contributed by atoms with E-state index in [-0.39, 0.29) is 17.6 Å². The predicted molar refractivity (Wildman–Crippen MR) is 76.5 cm³/mol. The quantitative estimate of drug-likeness (QED) is 0.917. The molecule has 4 nitrogen and oxygen atoms in total. The molecule has 1 aliphatic rings. The third kappa shape index (κ3) is 3.00. The summed E-state index contributed by atoms with van der Waals surface area (Å²) in [6.45, 7) is 3.72. The van der Waals surface area contributed by atoms with Crippen LogP contribution in [0.5, 0.6) is 0 Å². The van der Waals surface area contributed by atoms with Crippen LogP contribution < -0.4 is 5.32 Å². The summed E-state index contributed by atoms with van der Waals surface area (Å²) in [6, 6.07) is 7.71. The van der Waals surface area contributed by atoms with Gasteiger partial charge < -0.3 is 10.1 Å². The van der Waals surface area contributed by atoms with Gasteiger partial charge in [0.25, 0.3) is 0 Å². The number of hydrogen-bond donors (Lipinski definition) is 1. The lowest BCUT2D eigenvalue weighted by Crippen LogP contribution is -2.47. The van der Waals surface area contributed by atoms with E-state index in [2.05, 4.69) is 22.2 Å². The van der Waals surface area contributed by atoms with Crippen molar-refractivity contribution in [2.75, 3.05) is 7.11 Å². The van der Waals surface area contributed by atoms with Crippen molar-refractivity contribution in [1.29, 1.82) is 0 Å². The molecule has 0 bridgehead atoms. The maximum atomic E-state index is 12.4. The SMILES string of the molecule is COC(=O)NC(C(=O)C(C)C)C1Cc2ccccc2C1. The van der Waals surface area contributed by atoms with Crippen LogP contribution in [-0.4, -0.2) is 25.0 Å². The number of rotatable bonds is 4. The Morgan fingerprint density at radius 3 is 2.20 bits per heavy atom. The Morgan fingerprint density at radius 2 is 1.75 bits per heavy atom. The van der Waals surface area contributed by atoms with Crippen molar-refractivity contribution >= 4 is 11.9 Å². The number of benzene rings is 1. The van der Waals surface area contributed by atoms with E-state index < -0.39 is 12.1 Å². The minimum absolute atomic E-state index is 0.0632. The molecule has 0 saturated heterocycles. The van der Waals surface area contributed by atoms with Gasteiger partial charge in [-0.3, -0.25) is 4.79 Å². The first-order valence-electron chi connectivity index (χ1n) is 6.98. The Labute approximate surface area is 119 Å². The van der Waals surface area contributed by atoms with Crippen LogP contribution >= 0.6 is 0 Å². The molecular formula is C16H21NO3. The third-order valence-corrected chi connectivity index (χ3v) is 3.89. The molecule has 1 aromatic carbocycles. The number of amides is 1. The van der Waals surface area contributed by atoms with Gasteiger partial charge in [0.15, 0.2) is 5.78 Å². The summed E-state index contributed by atoms with van der Waals surface area (Å²) in [4.78, 5) is 23.9. The molecule has 0 aliphatic heterocycles. The van der Waals surface area contributed by atoms with E-state index in [4.69, 9.17) is 0 Å². The molecule has 0 heterocycles. The summed E-state index contributed by atoms with van der Waals surface area (Å²) < 4.78 is 4.65. The van der Waals surface area contributed by atoms with E-state index in [1.165, 1.54) is 18.2 Å². The Hall–Kier alpha value is -1.84. The third-order valence-electron chi connectivity index (χ3n) is 3.89. The average molecular weight is 275 g/mol. The fourth-order valence-corrected chi connectivity index (χ4v) is 2.79. The first-order chi connectivity index (χ1) is 9.52. The molecule has 1 unspecified atom stereocenters. The Kier molecular flexibility index (Phi) is 4.42. The summed E-state index contributed by atoms with van der Waals surface area (Å²) in [5, 5.41) is 2.71. The molecule has 2 rings (SSSR count). The molecule has 4 heteroatoms.